The van der Waals surface area contributed by atoms with Crippen molar-refractivity contribution in [1.29, 1.82) is 0 Å². The molecule has 0 spiro atoms. The average molecular weight is 270 g/mol. The first-order valence-corrected chi connectivity index (χ1v) is 5.46. The number of nitrogens with zero attached hydrogens (tertiary/aromatic N) is 2. The van der Waals surface area contributed by atoms with E-state index < -0.39 is 0 Å². The van der Waals surface area contributed by atoms with Gasteiger partial charge in [0.2, 0.25) is 5.95 Å². The van der Waals surface area contributed by atoms with Crippen LogP contribution < -0.4 is 16.6 Å². The normalized spacial score (nSPS) is 10.1. The lowest BCUT2D eigenvalue weighted by atomic mass is 10.3. The number of benzene rings is 1. The van der Waals surface area contributed by atoms with Crippen LogP contribution in [0.1, 0.15) is 0 Å². The van der Waals surface area contributed by atoms with Crippen LogP contribution in [0.5, 0.6) is 0 Å². The molecular weight excluding hydrogens is 261 g/mol. The Hall–Kier alpha value is -1.56. The molecule has 7 heteroatoms. The predicted octanol–water partition coefficient (Wildman–Crippen LogP) is 2.81. The van der Waals surface area contributed by atoms with Crippen molar-refractivity contribution in [1.82, 2.24) is 9.97 Å². The number of halogens is 2. The zero-order valence-electron chi connectivity index (χ0n) is 8.61. The summed E-state index contributed by atoms with van der Waals surface area (Å²) >= 11 is 11.9. The quantitative estimate of drug-likeness (QED) is 0.590. The van der Waals surface area contributed by atoms with Crippen molar-refractivity contribution in [3.8, 4) is 0 Å². The van der Waals surface area contributed by atoms with Crippen LogP contribution in [0.25, 0.3) is 0 Å². The Labute approximate surface area is 108 Å². The van der Waals surface area contributed by atoms with Gasteiger partial charge in [-0.15, -0.1) is 0 Å². The third-order valence-corrected chi connectivity index (χ3v) is 2.54. The van der Waals surface area contributed by atoms with Crippen molar-refractivity contribution in [2.24, 2.45) is 5.84 Å². The second-order valence-corrected chi connectivity index (χ2v) is 4.00. The van der Waals surface area contributed by atoms with Crippen molar-refractivity contribution >= 4 is 40.7 Å². The van der Waals surface area contributed by atoms with Gasteiger partial charge in [-0.05, 0) is 24.3 Å². The summed E-state index contributed by atoms with van der Waals surface area (Å²) in [5.41, 5.74) is 3.03. The number of hydrogen-bond donors (Lipinski definition) is 3. The molecule has 0 unspecified atom stereocenters. The number of anilines is 3. The van der Waals surface area contributed by atoms with Crippen molar-refractivity contribution in [3.05, 3.63) is 40.5 Å². The zero-order chi connectivity index (χ0) is 12.3. The van der Waals surface area contributed by atoms with Crippen LogP contribution in [0.4, 0.5) is 17.5 Å². The van der Waals surface area contributed by atoms with Crippen LogP contribution in [-0.4, -0.2) is 9.97 Å². The first-order chi connectivity index (χ1) is 8.19. The molecule has 0 radical (unpaired) electrons. The van der Waals surface area contributed by atoms with Crippen LogP contribution in [0.15, 0.2) is 30.5 Å². The second kappa shape index (κ2) is 5.18. The summed E-state index contributed by atoms with van der Waals surface area (Å²) in [6, 6.07) is 6.82. The molecule has 5 nitrogen and oxygen atoms in total. The summed E-state index contributed by atoms with van der Waals surface area (Å²) in [6.07, 6.45) is 1.57. The lowest BCUT2D eigenvalue weighted by molar-refractivity contribution is 1.12. The van der Waals surface area contributed by atoms with E-state index in [0.717, 1.165) is 0 Å². The van der Waals surface area contributed by atoms with Crippen LogP contribution in [0.2, 0.25) is 10.0 Å². The highest BCUT2D eigenvalue weighted by molar-refractivity contribution is 6.35. The fraction of sp³-hybridized carbons (Fsp3) is 0. The Morgan fingerprint density at radius 3 is 2.76 bits per heavy atom. The van der Waals surface area contributed by atoms with Gasteiger partial charge in [-0.1, -0.05) is 23.2 Å². The number of rotatable bonds is 3. The minimum absolute atomic E-state index is 0.313. The molecule has 2 rings (SSSR count). The second-order valence-electron chi connectivity index (χ2n) is 3.16. The van der Waals surface area contributed by atoms with Gasteiger partial charge < -0.3 is 5.32 Å². The van der Waals surface area contributed by atoms with E-state index in [9.17, 15) is 0 Å². The van der Waals surface area contributed by atoms with Crippen LogP contribution in [0.3, 0.4) is 0 Å². The number of nitrogens with one attached hydrogen (secondary N) is 2. The zero-order valence-corrected chi connectivity index (χ0v) is 10.1. The van der Waals surface area contributed by atoms with Gasteiger partial charge in [0.25, 0.3) is 0 Å². The molecule has 0 aliphatic heterocycles. The number of aromatic nitrogens is 2. The van der Waals surface area contributed by atoms with Crippen molar-refractivity contribution in [2.75, 3.05) is 10.7 Å². The van der Waals surface area contributed by atoms with Gasteiger partial charge in [0, 0.05) is 11.2 Å². The number of nitrogens with two attached hydrogens (primary N) is 1. The van der Waals surface area contributed by atoms with E-state index in [1.54, 1.807) is 30.5 Å². The molecule has 17 heavy (non-hydrogen) atoms. The fourth-order valence-corrected chi connectivity index (χ4v) is 1.57. The number of hydrazine groups is 1. The monoisotopic (exact) mass is 269 g/mol. The summed E-state index contributed by atoms with van der Waals surface area (Å²) in [6.45, 7) is 0. The molecule has 0 amide bonds. The summed E-state index contributed by atoms with van der Waals surface area (Å²) in [7, 11) is 0. The van der Waals surface area contributed by atoms with Gasteiger partial charge in [-0.3, -0.25) is 5.43 Å². The smallest absolute Gasteiger partial charge is 0.239 e. The fourth-order valence-electron chi connectivity index (χ4n) is 1.23. The lowest BCUT2D eigenvalue weighted by Gasteiger charge is -2.08. The standard InChI is InChI=1S/C10H9Cl2N5/c11-6-1-2-7(12)8(5-6)15-9-3-4-14-10(16-9)17-13/h1-5H,13H2,(H2,14,15,16,17). The van der Waals surface area contributed by atoms with Crippen molar-refractivity contribution < 1.29 is 0 Å². The highest BCUT2D eigenvalue weighted by atomic mass is 35.5. The molecule has 88 valence electrons. The molecule has 1 heterocycles. The van der Waals surface area contributed by atoms with Crippen LogP contribution in [0, 0.1) is 0 Å². The average Bonchev–Trinajstić information content (AvgIpc) is 2.34. The van der Waals surface area contributed by atoms with Gasteiger partial charge in [0.1, 0.15) is 5.82 Å². The topological polar surface area (TPSA) is 75.9 Å². The van der Waals surface area contributed by atoms with Gasteiger partial charge in [-0.2, -0.15) is 4.98 Å². The van der Waals surface area contributed by atoms with Gasteiger partial charge in [0.05, 0.1) is 10.7 Å². The first-order valence-electron chi connectivity index (χ1n) is 4.71. The molecule has 0 fully saturated rings. The van der Waals surface area contributed by atoms with E-state index in [1.807, 2.05) is 0 Å². The molecule has 0 atom stereocenters. The summed E-state index contributed by atoms with van der Waals surface area (Å²) in [5, 5.41) is 4.16. The molecule has 2 aromatic rings. The van der Waals surface area contributed by atoms with E-state index >= 15 is 0 Å². The number of nitrogen functional groups attached to an aromatic ring is 1. The minimum atomic E-state index is 0.313. The molecular formula is C10H9Cl2N5. The molecule has 1 aromatic heterocycles. The van der Waals surface area contributed by atoms with Crippen molar-refractivity contribution in [2.45, 2.75) is 0 Å². The molecule has 1 aromatic carbocycles. The first kappa shape index (κ1) is 11.9. The Kier molecular flexibility index (Phi) is 3.63. The minimum Gasteiger partial charge on any atom is -0.339 e. The summed E-state index contributed by atoms with van der Waals surface area (Å²) in [5.74, 6) is 6.10. The summed E-state index contributed by atoms with van der Waals surface area (Å²) in [4.78, 5) is 7.99. The maximum atomic E-state index is 6.01. The molecule has 0 aliphatic rings. The highest BCUT2D eigenvalue weighted by Crippen LogP contribution is 2.27. The molecule has 0 saturated heterocycles. The van der Waals surface area contributed by atoms with Gasteiger partial charge >= 0.3 is 0 Å². The third-order valence-electron chi connectivity index (χ3n) is 1.98. The molecule has 0 aliphatic carbocycles. The largest absolute Gasteiger partial charge is 0.339 e. The Morgan fingerprint density at radius 1 is 1.18 bits per heavy atom. The Bertz CT molecular complexity index is 532. The van der Waals surface area contributed by atoms with E-state index in [2.05, 4.69) is 20.7 Å². The Morgan fingerprint density at radius 2 is 2.00 bits per heavy atom. The lowest BCUT2D eigenvalue weighted by Crippen LogP contribution is -2.10. The molecule has 0 saturated carbocycles. The van der Waals surface area contributed by atoms with Crippen LogP contribution in [-0.2, 0) is 0 Å². The van der Waals surface area contributed by atoms with E-state index in [0.29, 0.717) is 27.5 Å². The van der Waals surface area contributed by atoms with E-state index in [1.165, 1.54) is 0 Å². The van der Waals surface area contributed by atoms with Gasteiger partial charge in [0.15, 0.2) is 0 Å². The van der Waals surface area contributed by atoms with E-state index in [-0.39, 0.29) is 0 Å². The maximum Gasteiger partial charge on any atom is 0.239 e. The number of hydrogen-bond acceptors (Lipinski definition) is 5. The predicted molar refractivity (Wildman–Crippen MR) is 69.6 cm³/mol. The SMILES string of the molecule is NNc1nccc(Nc2cc(Cl)ccc2Cl)n1. The molecule has 4 N–H and O–H groups in total. The summed E-state index contributed by atoms with van der Waals surface area (Å²) < 4.78 is 0. The molecule has 0 bridgehead atoms. The Balaban J connectivity index is 2.27. The van der Waals surface area contributed by atoms with Gasteiger partial charge in [-0.25, -0.2) is 10.8 Å². The third kappa shape index (κ3) is 2.97. The maximum absolute atomic E-state index is 6.01. The highest BCUT2D eigenvalue weighted by Gasteiger charge is 2.03. The van der Waals surface area contributed by atoms with E-state index in [4.69, 9.17) is 29.0 Å². The van der Waals surface area contributed by atoms with Crippen molar-refractivity contribution in [3.63, 3.8) is 0 Å². The van der Waals surface area contributed by atoms with Crippen LogP contribution >= 0.6 is 23.2 Å².